The molecule has 2 heterocycles. The normalized spacial score (nSPS) is 27.1. The second-order valence-corrected chi connectivity index (χ2v) is 9.57. The lowest BCUT2D eigenvalue weighted by Crippen LogP contribution is -2.40. The standard InChI is InChI=1S/C25H34FN3O2/c1-16(2)22-12-18(17(3)11-19(22)14-29-10-6-7-20(29)15-30)13-24-27-28-25(31-24)21-8-4-5-9-23(21)26/h4-5,8-9,11,16,18-20,22,30H,6-7,10,12-15H2,1-3H3. The van der Waals surface area contributed by atoms with Gasteiger partial charge in [0.25, 0.3) is 5.89 Å². The zero-order chi connectivity index (χ0) is 22.0. The van der Waals surface area contributed by atoms with Crippen molar-refractivity contribution in [3.63, 3.8) is 0 Å². The molecule has 31 heavy (non-hydrogen) atoms. The summed E-state index contributed by atoms with van der Waals surface area (Å²) in [4.78, 5) is 2.48. The first-order valence-electron chi connectivity index (χ1n) is 11.6. The number of allylic oxidation sites excluding steroid dienone is 1. The van der Waals surface area contributed by atoms with Crippen molar-refractivity contribution in [2.75, 3.05) is 19.7 Å². The van der Waals surface area contributed by atoms with Gasteiger partial charge in [-0.25, -0.2) is 4.39 Å². The van der Waals surface area contributed by atoms with E-state index in [1.54, 1.807) is 18.2 Å². The first-order chi connectivity index (χ1) is 15.0. The number of aromatic nitrogens is 2. The topological polar surface area (TPSA) is 62.4 Å². The van der Waals surface area contributed by atoms with Crippen LogP contribution in [0, 0.1) is 29.5 Å². The van der Waals surface area contributed by atoms with Gasteiger partial charge in [0.05, 0.1) is 12.2 Å². The highest BCUT2D eigenvalue weighted by Gasteiger charge is 2.35. The number of likely N-dealkylation sites (tertiary alicyclic amines) is 1. The van der Waals surface area contributed by atoms with E-state index >= 15 is 0 Å². The Labute approximate surface area is 184 Å². The van der Waals surface area contributed by atoms with Crippen LogP contribution >= 0.6 is 0 Å². The summed E-state index contributed by atoms with van der Waals surface area (Å²) in [7, 11) is 0. The molecule has 168 valence electrons. The minimum atomic E-state index is -0.350. The van der Waals surface area contributed by atoms with Crippen molar-refractivity contribution in [2.45, 2.75) is 52.5 Å². The second kappa shape index (κ2) is 9.61. The van der Waals surface area contributed by atoms with Gasteiger partial charge in [-0.05, 0) is 68.5 Å². The van der Waals surface area contributed by atoms with Crippen molar-refractivity contribution >= 4 is 0 Å². The summed E-state index contributed by atoms with van der Waals surface area (Å²) in [5.41, 5.74) is 1.72. The van der Waals surface area contributed by atoms with Gasteiger partial charge in [0.1, 0.15) is 5.82 Å². The summed E-state index contributed by atoms with van der Waals surface area (Å²) >= 11 is 0. The van der Waals surface area contributed by atoms with Gasteiger partial charge >= 0.3 is 0 Å². The minimum absolute atomic E-state index is 0.243. The van der Waals surface area contributed by atoms with Gasteiger partial charge in [-0.15, -0.1) is 10.2 Å². The molecule has 1 saturated heterocycles. The third kappa shape index (κ3) is 4.90. The minimum Gasteiger partial charge on any atom is -0.421 e. The molecule has 1 aromatic carbocycles. The van der Waals surface area contributed by atoms with Gasteiger partial charge in [-0.2, -0.15) is 0 Å². The Morgan fingerprint density at radius 2 is 2.06 bits per heavy atom. The molecule has 1 aliphatic heterocycles. The largest absolute Gasteiger partial charge is 0.421 e. The lowest BCUT2D eigenvalue weighted by molar-refractivity contribution is 0.117. The summed E-state index contributed by atoms with van der Waals surface area (Å²) in [5.74, 6) is 2.46. The number of hydrogen-bond donors (Lipinski definition) is 1. The number of aliphatic hydroxyl groups excluding tert-OH is 1. The smallest absolute Gasteiger partial charge is 0.250 e. The van der Waals surface area contributed by atoms with E-state index in [2.05, 4.69) is 41.9 Å². The van der Waals surface area contributed by atoms with Gasteiger partial charge < -0.3 is 9.52 Å². The van der Waals surface area contributed by atoms with Crippen LogP contribution in [0.15, 0.2) is 40.3 Å². The van der Waals surface area contributed by atoms with Crippen molar-refractivity contribution in [1.29, 1.82) is 0 Å². The molecule has 4 unspecified atom stereocenters. The fourth-order valence-corrected chi connectivity index (χ4v) is 5.39. The zero-order valence-corrected chi connectivity index (χ0v) is 18.8. The number of rotatable bonds is 7. The Morgan fingerprint density at radius 3 is 2.81 bits per heavy atom. The molecule has 1 fully saturated rings. The molecule has 2 aromatic rings. The maximum absolute atomic E-state index is 14.1. The first-order valence-corrected chi connectivity index (χ1v) is 11.6. The highest BCUT2D eigenvalue weighted by molar-refractivity contribution is 5.53. The predicted molar refractivity (Wildman–Crippen MR) is 119 cm³/mol. The van der Waals surface area contributed by atoms with Crippen molar-refractivity contribution < 1.29 is 13.9 Å². The van der Waals surface area contributed by atoms with E-state index in [0.717, 1.165) is 25.9 Å². The van der Waals surface area contributed by atoms with Crippen LogP contribution in [0.5, 0.6) is 0 Å². The molecule has 0 bridgehead atoms. The van der Waals surface area contributed by atoms with Crippen LogP contribution < -0.4 is 0 Å². The molecule has 0 saturated carbocycles. The lowest BCUT2D eigenvalue weighted by Gasteiger charge is -2.39. The van der Waals surface area contributed by atoms with Crippen LogP contribution in [-0.2, 0) is 6.42 Å². The third-order valence-electron chi connectivity index (χ3n) is 7.23. The van der Waals surface area contributed by atoms with E-state index in [4.69, 9.17) is 4.42 Å². The number of hydrogen-bond acceptors (Lipinski definition) is 5. The second-order valence-electron chi connectivity index (χ2n) is 9.57. The Balaban J connectivity index is 1.48. The molecule has 6 heteroatoms. The van der Waals surface area contributed by atoms with E-state index in [1.165, 1.54) is 18.1 Å². The van der Waals surface area contributed by atoms with Crippen LogP contribution in [0.4, 0.5) is 4.39 Å². The van der Waals surface area contributed by atoms with E-state index in [1.807, 2.05) is 0 Å². The molecule has 4 atom stereocenters. The SMILES string of the molecule is CC1=CC(CN2CCCC2CO)C(C(C)C)CC1Cc1nnc(-c2ccccc2F)o1. The van der Waals surface area contributed by atoms with Gasteiger partial charge in [0.15, 0.2) is 0 Å². The number of nitrogens with zero attached hydrogens (tertiary/aromatic N) is 3. The average Bonchev–Trinajstić information content (AvgIpc) is 3.39. The summed E-state index contributed by atoms with van der Waals surface area (Å²) in [5, 5.41) is 18.0. The van der Waals surface area contributed by atoms with Crippen LogP contribution in [0.1, 0.15) is 45.9 Å². The zero-order valence-electron chi connectivity index (χ0n) is 18.8. The van der Waals surface area contributed by atoms with Crippen molar-refractivity contribution in [3.05, 3.63) is 47.6 Å². The van der Waals surface area contributed by atoms with Crippen LogP contribution in [0.25, 0.3) is 11.5 Å². The highest BCUT2D eigenvalue weighted by Crippen LogP contribution is 2.40. The molecule has 2 aliphatic rings. The van der Waals surface area contributed by atoms with Crippen LogP contribution in [0.3, 0.4) is 0 Å². The molecule has 0 radical (unpaired) electrons. The summed E-state index contributed by atoms with van der Waals surface area (Å²) in [6.45, 7) is 9.18. The summed E-state index contributed by atoms with van der Waals surface area (Å²) < 4.78 is 19.9. The highest BCUT2D eigenvalue weighted by atomic mass is 19.1. The summed E-state index contributed by atoms with van der Waals surface area (Å²) in [6.07, 6.45) is 6.49. The molecular formula is C25H34FN3O2. The van der Waals surface area contributed by atoms with Crippen molar-refractivity contribution in [1.82, 2.24) is 15.1 Å². The molecule has 0 spiro atoms. The Kier molecular flexibility index (Phi) is 6.87. The van der Waals surface area contributed by atoms with E-state index in [0.29, 0.717) is 47.6 Å². The quantitative estimate of drug-likeness (QED) is 0.647. The first kappa shape index (κ1) is 22.2. The Bertz CT molecular complexity index is 910. The van der Waals surface area contributed by atoms with Gasteiger partial charge in [-0.3, -0.25) is 4.90 Å². The predicted octanol–water partition coefficient (Wildman–Crippen LogP) is 4.73. The molecule has 1 aromatic heterocycles. The van der Waals surface area contributed by atoms with Crippen LogP contribution in [-0.4, -0.2) is 45.9 Å². The number of benzene rings is 1. The van der Waals surface area contributed by atoms with Gasteiger partial charge in [0, 0.05) is 19.0 Å². The molecule has 1 aliphatic carbocycles. The van der Waals surface area contributed by atoms with Crippen LogP contribution in [0.2, 0.25) is 0 Å². The molecule has 4 rings (SSSR count). The molecule has 5 nitrogen and oxygen atoms in total. The lowest BCUT2D eigenvalue weighted by atomic mass is 9.69. The Hall–Kier alpha value is -2.05. The van der Waals surface area contributed by atoms with Crippen molar-refractivity contribution in [2.24, 2.45) is 23.7 Å². The number of halogens is 1. The fourth-order valence-electron chi connectivity index (χ4n) is 5.39. The maximum atomic E-state index is 14.1. The van der Waals surface area contributed by atoms with E-state index in [9.17, 15) is 9.50 Å². The van der Waals surface area contributed by atoms with Gasteiger partial charge in [-0.1, -0.05) is 37.6 Å². The van der Waals surface area contributed by atoms with Crippen molar-refractivity contribution in [3.8, 4) is 11.5 Å². The van der Waals surface area contributed by atoms with Gasteiger partial charge in [0.2, 0.25) is 5.89 Å². The molecule has 0 amide bonds. The average molecular weight is 428 g/mol. The maximum Gasteiger partial charge on any atom is 0.250 e. The monoisotopic (exact) mass is 427 g/mol. The van der Waals surface area contributed by atoms with E-state index in [-0.39, 0.29) is 18.3 Å². The molecule has 1 N–H and O–H groups in total. The number of aliphatic hydroxyl groups is 1. The fraction of sp³-hybridized carbons (Fsp3) is 0.600. The third-order valence-corrected chi connectivity index (χ3v) is 7.23. The van der Waals surface area contributed by atoms with E-state index < -0.39 is 0 Å². The molecular weight excluding hydrogens is 393 g/mol. The summed E-state index contributed by atoms with van der Waals surface area (Å²) in [6, 6.07) is 6.80. The Morgan fingerprint density at radius 1 is 1.26 bits per heavy atom.